The van der Waals surface area contributed by atoms with Gasteiger partial charge in [0.1, 0.15) is 11.9 Å². The van der Waals surface area contributed by atoms with Gasteiger partial charge in [-0.15, -0.1) is 0 Å². The molecule has 0 bridgehead atoms. The summed E-state index contributed by atoms with van der Waals surface area (Å²) in [7, 11) is -1.32. The summed E-state index contributed by atoms with van der Waals surface area (Å²) >= 11 is 0. The molecule has 6 nitrogen and oxygen atoms in total. The lowest BCUT2D eigenvalue weighted by Gasteiger charge is -2.28. The molecular formula is C17H19F4N3O3S. The number of benzene rings is 1. The second-order valence-electron chi connectivity index (χ2n) is 6.63. The molecule has 28 heavy (non-hydrogen) atoms. The molecule has 1 aromatic carbocycles. The summed E-state index contributed by atoms with van der Waals surface area (Å²) in [6, 6.07) is 5.70. The quantitative estimate of drug-likeness (QED) is 0.691. The van der Waals surface area contributed by atoms with Gasteiger partial charge in [-0.1, -0.05) is 5.16 Å². The van der Waals surface area contributed by atoms with E-state index in [1.54, 1.807) is 24.3 Å². The topological polar surface area (TPSA) is 77.6 Å². The minimum atomic E-state index is -4.74. The van der Waals surface area contributed by atoms with E-state index < -0.39 is 39.9 Å². The van der Waals surface area contributed by atoms with Crippen LogP contribution in [0, 0.1) is 0 Å². The standard InChI is InChI=1S/C17H19F4N3O3S/c1-26-11-4-6-12(7-5-11)28(2,25)24-14-8-3-10(9-13(14)18)15-22-16(27-23-15)17(19,20)21/h4-7,10,13-14H,3,8-9H2,1-2H3. The van der Waals surface area contributed by atoms with Crippen LogP contribution in [0.4, 0.5) is 17.6 Å². The average Bonchev–Trinajstić information content (AvgIpc) is 3.14. The summed E-state index contributed by atoms with van der Waals surface area (Å²) in [6.07, 6.45) is -4.33. The summed E-state index contributed by atoms with van der Waals surface area (Å²) in [5, 5.41) is 3.33. The molecule has 0 saturated heterocycles. The molecule has 2 aromatic rings. The zero-order chi connectivity index (χ0) is 20.5. The maximum Gasteiger partial charge on any atom is 0.471 e. The molecule has 1 aliphatic carbocycles. The molecule has 1 aromatic heterocycles. The zero-order valence-electron chi connectivity index (χ0n) is 15.1. The fourth-order valence-electron chi connectivity index (χ4n) is 3.12. The third-order valence-corrected chi connectivity index (χ3v) is 6.44. The van der Waals surface area contributed by atoms with Crippen LogP contribution in [0.1, 0.15) is 36.9 Å². The number of hydrogen-bond donors (Lipinski definition) is 0. The first-order valence-corrected chi connectivity index (χ1v) is 10.4. The lowest BCUT2D eigenvalue weighted by atomic mass is 9.85. The summed E-state index contributed by atoms with van der Waals surface area (Å²) in [5.41, 5.74) is 0. The maximum atomic E-state index is 14.6. The van der Waals surface area contributed by atoms with Gasteiger partial charge < -0.3 is 9.26 Å². The van der Waals surface area contributed by atoms with Crippen molar-refractivity contribution in [1.82, 2.24) is 10.1 Å². The molecule has 0 aliphatic heterocycles. The van der Waals surface area contributed by atoms with Crippen molar-refractivity contribution in [3.8, 4) is 5.75 Å². The Balaban J connectivity index is 1.73. The first-order valence-electron chi connectivity index (χ1n) is 8.50. The van der Waals surface area contributed by atoms with Gasteiger partial charge in [-0.05, 0) is 43.5 Å². The van der Waals surface area contributed by atoms with Crippen molar-refractivity contribution in [2.75, 3.05) is 13.4 Å². The largest absolute Gasteiger partial charge is 0.497 e. The Hall–Kier alpha value is -2.17. The molecule has 0 spiro atoms. The lowest BCUT2D eigenvalue weighted by Crippen LogP contribution is -2.30. The van der Waals surface area contributed by atoms with E-state index in [9.17, 15) is 21.8 Å². The van der Waals surface area contributed by atoms with E-state index >= 15 is 0 Å². The number of methoxy groups -OCH3 is 1. The Morgan fingerprint density at radius 3 is 2.46 bits per heavy atom. The van der Waals surface area contributed by atoms with Crippen molar-refractivity contribution in [2.24, 2.45) is 4.36 Å². The molecule has 3 rings (SSSR count). The molecule has 0 amide bonds. The minimum absolute atomic E-state index is 0.108. The van der Waals surface area contributed by atoms with E-state index in [2.05, 4.69) is 19.0 Å². The number of halogens is 4. The first-order chi connectivity index (χ1) is 13.1. The molecule has 1 aliphatic rings. The fourth-order valence-corrected chi connectivity index (χ4v) is 4.63. The molecular weight excluding hydrogens is 402 g/mol. The Morgan fingerprint density at radius 1 is 1.25 bits per heavy atom. The molecule has 4 atom stereocenters. The van der Waals surface area contributed by atoms with Gasteiger partial charge in [-0.2, -0.15) is 18.2 Å². The molecule has 1 saturated carbocycles. The van der Waals surface area contributed by atoms with E-state index in [1.807, 2.05) is 0 Å². The van der Waals surface area contributed by atoms with Crippen molar-refractivity contribution >= 4 is 9.73 Å². The van der Waals surface area contributed by atoms with E-state index in [0.717, 1.165) is 0 Å². The van der Waals surface area contributed by atoms with Crippen molar-refractivity contribution in [3.05, 3.63) is 36.0 Å². The van der Waals surface area contributed by atoms with Crippen LogP contribution in [0.25, 0.3) is 0 Å². The van der Waals surface area contributed by atoms with Crippen LogP contribution in [0.15, 0.2) is 38.0 Å². The molecule has 1 heterocycles. The number of rotatable bonds is 4. The SMILES string of the molecule is COc1ccc(S(C)(=O)=NC2CCC(c3noc(C(F)(F)F)n3)CC2F)cc1. The highest BCUT2D eigenvalue weighted by Crippen LogP contribution is 2.37. The molecule has 4 unspecified atom stereocenters. The van der Waals surface area contributed by atoms with Crippen molar-refractivity contribution < 1.29 is 31.0 Å². The summed E-state index contributed by atoms with van der Waals surface area (Å²) < 4.78 is 78.8. The highest BCUT2D eigenvalue weighted by Gasteiger charge is 2.40. The zero-order valence-corrected chi connectivity index (χ0v) is 16.0. The van der Waals surface area contributed by atoms with Gasteiger partial charge in [-0.25, -0.2) is 13.0 Å². The molecule has 0 N–H and O–H groups in total. The van der Waals surface area contributed by atoms with Gasteiger partial charge in [0.25, 0.3) is 0 Å². The first kappa shape index (κ1) is 20.6. The fraction of sp³-hybridized carbons (Fsp3) is 0.529. The highest BCUT2D eigenvalue weighted by molar-refractivity contribution is 7.93. The normalized spacial score (nSPS) is 25.1. The Bertz CT molecular complexity index is 936. The Morgan fingerprint density at radius 2 is 1.93 bits per heavy atom. The summed E-state index contributed by atoms with van der Waals surface area (Å²) in [5.74, 6) is -1.61. The Kier molecular flexibility index (Phi) is 5.64. The van der Waals surface area contributed by atoms with Gasteiger partial charge in [0.2, 0.25) is 0 Å². The number of nitrogens with zero attached hydrogens (tertiary/aromatic N) is 3. The van der Waals surface area contributed by atoms with Crippen molar-refractivity contribution in [2.45, 2.75) is 48.5 Å². The van der Waals surface area contributed by atoms with Crippen LogP contribution >= 0.6 is 0 Å². The van der Waals surface area contributed by atoms with Crippen LogP contribution in [0.5, 0.6) is 5.75 Å². The smallest absolute Gasteiger partial charge is 0.471 e. The van der Waals surface area contributed by atoms with Crippen molar-refractivity contribution in [3.63, 3.8) is 0 Å². The molecule has 1 fully saturated rings. The number of alkyl halides is 4. The Labute approximate surface area is 159 Å². The predicted molar refractivity (Wildman–Crippen MR) is 92.3 cm³/mol. The number of aromatic nitrogens is 2. The van der Waals surface area contributed by atoms with Gasteiger partial charge in [0, 0.05) is 17.1 Å². The second kappa shape index (κ2) is 7.69. The number of ether oxygens (including phenoxy) is 1. The summed E-state index contributed by atoms with van der Waals surface area (Å²) in [4.78, 5) is 3.79. The molecule has 154 valence electrons. The van der Waals surface area contributed by atoms with Crippen LogP contribution in [0.2, 0.25) is 0 Å². The second-order valence-corrected chi connectivity index (χ2v) is 8.92. The lowest BCUT2D eigenvalue weighted by molar-refractivity contribution is -0.159. The highest BCUT2D eigenvalue weighted by atomic mass is 32.2. The average molecular weight is 421 g/mol. The van der Waals surface area contributed by atoms with Crippen LogP contribution < -0.4 is 4.74 Å². The maximum absolute atomic E-state index is 14.6. The van der Waals surface area contributed by atoms with E-state index in [0.29, 0.717) is 17.1 Å². The van der Waals surface area contributed by atoms with Crippen molar-refractivity contribution in [1.29, 1.82) is 0 Å². The van der Waals surface area contributed by atoms with Crippen LogP contribution in [-0.4, -0.2) is 39.9 Å². The van der Waals surface area contributed by atoms with Gasteiger partial charge >= 0.3 is 12.1 Å². The van der Waals surface area contributed by atoms with E-state index in [-0.39, 0.29) is 18.7 Å². The third kappa shape index (κ3) is 4.45. The van der Waals surface area contributed by atoms with Gasteiger partial charge in [0.05, 0.1) is 22.9 Å². The number of hydrogen-bond acceptors (Lipinski definition) is 6. The van der Waals surface area contributed by atoms with E-state index in [4.69, 9.17) is 4.74 Å². The minimum Gasteiger partial charge on any atom is -0.497 e. The monoisotopic (exact) mass is 421 g/mol. The summed E-state index contributed by atoms with van der Waals surface area (Å²) in [6.45, 7) is 0. The molecule has 11 heteroatoms. The predicted octanol–water partition coefficient (Wildman–Crippen LogP) is 4.23. The molecule has 0 radical (unpaired) electrons. The van der Waals surface area contributed by atoms with Gasteiger partial charge in [-0.3, -0.25) is 0 Å². The van der Waals surface area contributed by atoms with E-state index in [1.165, 1.54) is 13.4 Å². The van der Waals surface area contributed by atoms with Gasteiger partial charge in [0.15, 0.2) is 5.82 Å². The third-order valence-electron chi connectivity index (χ3n) is 4.62. The van der Waals surface area contributed by atoms with Crippen LogP contribution in [-0.2, 0) is 15.9 Å². The van der Waals surface area contributed by atoms with Crippen LogP contribution in [0.3, 0.4) is 0 Å².